The number of ether oxygens (including phenoxy) is 1. The van der Waals surface area contributed by atoms with Crippen LogP contribution < -0.4 is 0 Å². The summed E-state index contributed by atoms with van der Waals surface area (Å²) < 4.78 is 3.91. The SMILES string of the molecule is CC1(C)C(=O)OC(=O)C(C)(Br)C1(C)C. The van der Waals surface area contributed by atoms with Gasteiger partial charge >= 0.3 is 11.9 Å². The average molecular weight is 263 g/mol. The molecule has 0 saturated carbocycles. The third kappa shape index (κ3) is 1.16. The Labute approximate surface area is 92.3 Å². The predicted octanol–water partition coefficient (Wildman–Crippen LogP) is 2.28. The highest BCUT2D eigenvalue weighted by atomic mass is 79.9. The highest BCUT2D eigenvalue weighted by molar-refractivity contribution is 9.10. The molecule has 1 atom stereocenters. The van der Waals surface area contributed by atoms with E-state index in [2.05, 4.69) is 15.9 Å². The van der Waals surface area contributed by atoms with Crippen LogP contribution in [0.2, 0.25) is 0 Å². The number of hydrogen-bond donors (Lipinski definition) is 0. The van der Waals surface area contributed by atoms with Crippen LogP contribution in [0.1, 0.15) is 34.6 Å². The molecule has 1 aliphatic heterocycles. The molecule has 0 amide bonds. The van der Waals surface area contributed by atoms with E-state index >= 15 is 0 Å². The number of rotatable bonds is 0. The lowest BCUT2D eigenvalue weighted by Gasteiger charge is -2.50. The van der Waals surface area contributed by atoms with Crippen LogP contribution in [-0.2, 0) is 14.3 Å². The molecule has 80 valence electrons. The minimum absolute atomic E-state index is 0.454. The Kier molecular flexibility index (Phi) is 2.35. The van der Waals surface area contributed by atoms with Gasteiger partial charge in [0.05, 0.1) is 5.41 Å². The summed E-state index contributed by atoms with van der Waals surface area (Å²) in [7, 11) is 0. The second-order valence-corrected chi connectivity index (χ2v) is 6.52. The van der Waals surface area contributed by atoms with Gasteiger partial charge in [0.15, 0.2) is 0 Å². The van der Waals surface area contributed by atoms with Crippen LogP contribution in [0.15, 0.2) is 0 Å². The molecular weight excluding hydrogens is 248 g/mol. The molecule has 0 aromatic carbocycles. The molecule has 1 unspecified atom stereocenters. The minimum Gasteiger partial charge on any atom is -0.392 e. The van der Waals surface area contributed by atoms with Gasteiger partial charge in [-0.3, -0.25) is 9.59 Å². The third-order valence-corrected chi connectivity index (χ3v) is 5.13. The number of cyclic esters (lactones) is 2. The van der Waals surface area contributed by atoms with E-state index in [1.54, 1.807) is 20.8 Å². The van der Waals surface area contributed by atoms with Gasteiger partial charge in [0.2, 0.25) is 0 Å². The molecule has 0 radical (unpaired) electrons. The fourth-order valence-electron chi connectivity index (χ4n) is 1.40. The van der Waals surface area contributed by atoms with Gasteiger partial charge in [-0.1, -0.05) is 29.8 Å². The Bertz CT molecular complexity index is 274. The summed E-state index contributed by atoms with van der Waals surface area (Å²) in [5.74, 6) is -0.962. The van der Waals surface area contributed by atoms with Crippen molar-refractivity contribution in [1.29, 1.82) is 0 Å². The topological polar surface area (TPSA) is 43.4 Å². The van der Waals surface area contributed by atoms with Gasteiger partial charge < -0.3 is 4.74 Å². The van der Waals surface area contributed by atoms with Crippen molar-refractivity contribution >= 4 is 27.9 Å². The summed E-state index contributed by atoms with van der Waals surface area (Å²) >= 11 is 3.36. The largest absolute Gasteiger partial charge is 0.392 e. The van der Waals surface area contributed by atoms with Crippen LogP contribution in [0.5, 0.6) is 0 Å². The lowest BCUT2D eigenvalue weighted by atomic mass is 9.60. The molecule has 1 heterocycles. The van der Waals surface area contributed by atoms with Crippen LogP contribution in [-0.4, -0.2) is 16.3 Å². The van der Waals surface area contributed by atoms with Crippen molar-refractivity contribution in [2.75, 3.05) is 0 Å². The number of carbonyl (C=O) groups is 2. The summed E-state index contributed by atoms with van der Waals surface area (Å²) in [6.07, 6.45) is 0. The summed E-state index contributed by atoms with van der Waals surface area (Å²) in [6, 6.07) is 0. The summed E-state index contributed by atoms with van der Waals surface area (Å²) in [6.45, 7) is 9.10. The molecule has 1 rings (SSSR count). The van der Waals surface area contributed by atoms with Crippen molar-refractivity contribution in [2.45, 2.75) is 38.9 Å². The normalized spacial score (nSPS) is 35.3. The van der Waals surface area contributed by atoms with Crippen LogP contribution in [0, 0.1) is 10.8 Å². The molecule has 0 N–H and O–H groups in total. The quantitative estimate of drug-likeness (QED) is 0.382. The molecule has 0 spiro atoms. The standard InChI is InChI=1S/C10H15BrO3/c1-8(2)6(12)14-7(13)10(5,11)9(8,3)4/h1-5H3. The highest BCUT2D eigenvalue weighted by Crippen LogP contribution is 2.54. The zero-order valence-corrected chi connectivity index (χ0v) is 10.7. The molecule has 0 aromatic rings. The van der Waals surface area contributed by atoms with E-state index in [9.17, 15) is 9.59 Å². The first-order valence-corrected chi connectivity index (χ1v) is 5.30. The first-order chi connectivity index (χ1) is 6.05. The number of halogens is 1. The van der Waals surface area contributed by atoms with Crippen LogP contribution >= 0.6 is 15.9 Å². The lowest BCUT2D eigenvalue weighted by Crippen LogP contribution is -2.61. The monoisotopic (exact) mass is 262 g/mol. The van der Waals surface area contributed by atoms with Gasteiger partial charge in [-0.05, 0) is 20.8 Å². The van der Waals surface area contributed by atoms with Crippen molar-refractivity contribution in [3.8, 4) is 0 Å². The fraction of sp³-hybridized carbons (Fsp3) is 0.800. The maximum atomic E-state index is 11.6. The van der Waals surface area contributed by atoms with E-state index in [1.165, 1.54) is 0 Å². The number of carbonyl (C=O) groups excluding carboxylic acids is 2. The van der Waals surface area contributed by atoms with E-state index in [1.807, 2.05) is 13.8 Å². The van der Waals surface area contributed by atoms with Gasteiger partial charge in [0.25, 0.3) is 0 Å². The van der Waals surface area contributed by atoms with Crippen LogP contribution in [0.3, 0.4) is 0 Å². The van der Waals surface area contributed by atoms with E-state index in [4.69, 9.17) is 4.74 Å². The maximum Gasteiger partial charge on any atom is 0.330 e. The predicted molar refractivity (Wildman–Crippen MR) is 56.0 cm³/mol. The molecule has 4 heteroatoms. The zero-order valence-electron chi connectivity index (χ0n) is 9.10. The first kappa shape index (κ1) is 11.7. The summed E-state index contributed by atoms with van der Waals surface area (Å²) in [5.41, 5.74) is -1.18. The zero-order chi connectivity index (χ0) is 11.4. The molecule has 3 nitrogen and oxygen atoms in total. The second kappa shape index (κ2) is 2.81. The molecular formula is C10H15BrO3. The van der Waals surface area contributed by atoms with Crippen molar-refractivity contribution in [2.24, 2.45) is 10.8 Å². The van der Waals surface area contributed by atoms with Gasteiger partial charge in [-0.15, -0.1) is 0 Å². The van der Waals surface area contributed by atoms with Crippen molar-refractivity contribution < 1.29 is 14.3 Å². The van der Waals surface area contributed by atoms with E-state index in [0.29, 0.717) is 0 Å². The first-order valence-electron chi connectivity index (χ1n) is 4.51. The second-order valence-electron chi connectivity index (χ2n) is 4.93. The Hall–Kier alpha value is -0.380. The molecule has 1 saturated heterocycles. The minimum atomic E-state index is -0.822. The molecule has 1 aliphatic rings. The smallest absolute Gasteiger partial charge is 0.330 e. The van der Waals surface area contributed by atoms with Crippen molar-refractivity contribution in [3.05, 3.63) is 0 Å². The van der Waals surface area contributed by atoms with E-state index in [0.717, 1.165) is 0 Å². The number of alkyl halides is 1. The van der Waals surface area contributed by atoms with Crippen molar-refractivity contribution in [1.82, 2.24) is 0 Å². The number of esters is 2. The van der Waals surface area contributed by atoms with Crippen LogP contribution in [0.25, 0.3) is 0 Å². The molecule has 0 aliphatic carbocycles. The molecule has 0 bridgehead atoms. The fourth-order valence-corrected chi connectivity index (χ4v) is 1.98. The van der Waals surface area contributed by atoms with Gasteiger partial charge in [-0.2, -0.15) is 0 Å². The molecule has 14 heavy (non-hydrogen) atoms. The summed E-state index contributed by atoms with van der Waals surface area (Å²) in [4.78, 5) is 23.1. The van der Waals surface area contributed by atoms with Crippen LogP contribution in [0.4, 0.5) is 0 Å². The van der Waals surface area contributed by atoms with E-state index in [-0.39, 0.29) is 0 Å². The Morgan fingerprint density at radius 3 is 1.86 bits per heavy atom. The Morgan fingerprint density at radius 2 is 1.43 bits per heavy atom. The average Bonchev–Trinajstić information content (AvgIpc) is 2.01. The summed E-state index contributed by atoms with van der Waals surface area (Å²) in [5, 5.41) is 0. The lowest BCUT2D eigenvalue weighted by molar-refractivity contribution is -0.186. The van der Waals surface area contributed by atoms with Crippen molar-refractivity contribution in [3.63, 3.8) is 0 Å². The maximum absolute atomic E-state index is 11.6. The van der Waals surface area contributed by atoms with Gasteiger partial charge in [0, 0.05) is 5.41 Å². The third-order valence-electron chi connectivity index (χ3n) is 3.82. The molecule has 0 aromatic heterocycles. The number of hydrogen-bond acceptors (Lipinski definition) is 3. The van der Waals surface area contributed by atoms with Gasteiger partial charge in [0.1, 0.15) is 4.32 Å². The van der Waals surface area contributed by atoms with E-state index < -0.39 is 27.1 Å². The highest BCUT2D eigenvalue weighted by Gasteiger charge is 2.62. The van der Waals surface area contributed by atoms with Gasteiger partial charge in [-0.25, -0.2) is 0 Å². The molecule has 1 fully saturated rings. The Balaban J connectivity index is 3.31. The Morgan fingerprint density at radius 1 is 1.00 bits per heavy atom.